The van der Waals surface area contributed by atoms with Gasteiger partial charge in [0.2, 0.25) is 10.0 Å². The lowest BCUT2D eigenvalue weighted by molar-refractivity contribution is 0.0889. The van der Waals surface area contributed by atoms with Crippen molar-refractivity contribution in [3.05, 3.63) is 65.7 Å². The Morgan fingerprint density at radius 2 is 1.58 bits per heavy atom. The minimum absolute atomic E-state index is 0.222. The van der Waals surface area contributed by atoms with Gasteiger partial charge in [-0.05, 0) is 37.5 Å². The number of piperidine rings is 1. The van der Waals surface area contributed by atoms with Gasteiger partial charge in [0, 0.05) is 19.5 Å². The van der Waals surface area contributed by atoms with Crippen LogP contribution in [0.3, 0.4) is 0 Å². The van der Waals surface area contributed by atoms with Crippen LogP contribution < -0.4 is 0 Å². The van der Waals surface area contributed by atoms with Crippen LogP contribution in [0.25, 0.3) is 0 Å². The highest BCUT2D eigenvalue weighted by atomic mass is 32.2. The highest BCUT2D eigenvalue weighted by molar-refractivity contribution is 7.89. The number of benzene rings is 2. The molecule has 1 aliphatic rings. The molecule has 0 amide bonds. The van der Waals surface area contributed by atoms with Crippen LogP contribution in [0.1, 0.15) is 24.0 Å². The second-order valence-electron chi connectivity index (χ2n) is 6.53. The van der Waals surface area contributed by atoms with E-state index in [2.05, 4.69) is 0 Å². The van der Waals surface area contributed by atoms with Crippen LogP contribution >= 0.6 is 0 Å². The van der Waals surface area contributed by atoms with E-state index in [0.717, 1.165) is 11.1 Å². The summed E-state index contributed by atoms with van der Waals surface area (Å²) in [5, 5.41) is 0. The Hall–Kier alpha value is -1.72. The first kappa shape index (κ1) is 17.1. The Labute approximate surface area is 143 Å². The summed E-state index contributed by atoms with van der Waals surface area (Å²) in [6, 6.07) is 16.3. The van der Waals surface area contributed by atoms with Gasteiger partial charge in [-0.25, -0.2) is 12.8 Å². The number of alkyl halides is 1. The lowest BCUT2D eigenvalue weighted by Crippen LogP contribution is -2.45. The van der Waals surface area contributed by atoms with E-state index in [0.29, 0.717) is 6.42 Å². The van der Waals surface area contributed by atoms with Crippen molar-refractivity contribution in [1.82, 2.24) is 4.31 Å². The summed E-state index contributed by atoms with van der Waals surface area (Å²) in [7, 11) is -3.54. The molecule has 0 aliphatic carbocycles. The minimum Gasteiger partial charge on any atom is -0.243 e. The molecule has 0 radical (unpaired) electrons. The highest BCUT2D eigenvalue weighted by Crippen LogP contribution is 2.32. The van der Waals surface area contributed by atoms with E-state index in [1.807, 2.05) is 37.3 Å². The largest absolute Gasteiger partial charge is 0.243 e. The fourth-order valence-corrected chi connectivity index (χ4v) is 4.57. The third kappa shape index (κ3) is 3.68. The van der Waals surface area contributed by atoms with Gasteiger partial charge >= 0.3 is 0 Å². The van der Waals surface area contributed by atoms with Crippen LogP contribution in [0.5, 0.6) is 0 Å². The zero-order valence-electron chi connectivity index (χ0n) is 13.8. The monoisotopic (exact) mass is 347 g/mol. The fraction of sp³-hybridized carbons (Fsp3) is 0.368. The van der Waals surface area contributed by atoms with Crippen LogP contribution in [0.2, 0.25) is 0 Å². The molecule has 1 heterocycles. The van der Waals surface area contributed by atoms with Crippen molar-refractivity contribution in [2.45, 2.75) is 36.8 Å². The number of aryl methyl sites for hydroxylation is 1. The van der Waals surface area contributed by atoms with E-state index >= 15 is 4.39 Å². The Kier molecular flexibility index (Phi) is 4.74. The summed E-state index contributed by atoms with van der Waals surface area (Å²) in [4.78, 5) is 0.280. The van der Waals surface area contributed by atoms with E-state index in [1.165, 1.54) is 4.31 Å². The summed E-state index contributed by atoms with van der Waals surface area (Å²) in [5.41, 5.74) is 0.633. The molecule has 24 heavy (non-hydrogen) atoms. The van der Waals surface area contributed by atoms with Gasteiger partial charge in [-0.15, -0.1) is 0 Å². The fourth-order valence-electron chi connectivity index (χ4n) is 3.13. The van der Waals surface area contributed by atoms with Crippen LogP contribution in [-0.4, -0.2) is 31.5 Å². The summed E-state index contributed by atoms with van der Waals surface area (Å²) in [5.74, 6) is 0. The van der Waals surface area contributed by atoms with Crippen molar-refractivity contribution in [2.75, 3.05) is 13.1 Å². The molecular formula is C19H22FNO2S. The van der Waals surface area contributed by atoms with Gasteiger partial charge in [-0.1, -0.05) is 48.0 Å². The van der Waals surface area contributed by atoms with Crippen molar-refractivity contribution in [3.8, 4) is 0 Å². The molecule has 0 aromatic heterocycles. The average Bonchev–Trinajstić information content (AvgIpc) is 2.56. The summed E-state index contributed by atoms with van der Waals surface area (Å²) >= 11 is 0. The highest BCUT2D eigenvalue weighted by Gasteiger charge is 2.38. The molecule has 0 unspecified atom stereocenters. The van der Waals surface area contributed by atoms with E-state index in [1.54, 1.807) is 24.3 Å². The van der Waals surface area contributed by atoms with Gasteiger partial charge < -0.3 is 0 Å². The molecule has 1 saturated heterocycles. The van der Waals surface area contributed by atoms with Gasteiger partial charge in [0.15, 0.2) is 0 Å². The lowest BCUT2D eigenvalue weighted by Gasteiger charge is -2.35. The molecule has 1 aliphatic heterocycles. The Balaban J connectivity index is 1.69. The Morgan fingerprint density at radius 1 is 1.00 bits per heavy atom. The van der Waals surface area contributed by atoms with E-state index in [-0.39, 0.29) is 30.8 Å². The average molecular weight is 347 g/mol. The first-order chi connectivity index (χ1) is 11.4. The number of hydrogen-bond acceptors (Lipinski definition) is 2. The Bertz CT molecular complexity index is 780. The first-order valence-electron chi connectivity index (χ1n) is 8.19. The minimum atomic E-state index is -3.54. The topological polar surface area (TPSA) is 37.4 Å². The standard InChI is InChI=1S/C19H22FNO2S/c1-16-7-9-18(10-8-16)24(22,23)21-13-11-19(20,12-14-21)15-17-5-3-2-4-6-17/h2-10H,11-15H2,1H3. The third-order valence-electron chi connectivity index (χ3n) is 4.64. The number of nitrogens with zero attached hydrogens (tertiary/aromatic N) is 1. The first-order valence-corrected chi connectivity index (χ1v) is 9.63. The second-order valence-corrected chi connectivity index (χ2v) is 8.47. The van der Waals surface area contributed by atoms with Gasteiger partial charge in [0.1, 0.15) is 5.67 Å². The molecular weight excluding hydrogens is 325 g/mol. The summed E-state index contributed by atoms with van der Waals surface area (Å²) in [6.45, 7) is 2.36. The molecule has 0 N–H and O–H groups in total. The zero-order valence-corrected chi connectivity index (χ0v) is 14.6. The molecule has 2 aromatic carbocycles. The molecule has 0 spiro atoms. The van der Waals surface area contributed by atoms with Crippen molar-refractivity contribution in [3.63, 3.8) is 0 Å². The maximum Gasteiger partial charge on any atom is 0.243 e. The lowest BCUT2D eigenvalue weighted by atomic mass is 9.88. The van der Waals surface area contributed by atoms with Crippen molar-refractivity contribution >= 4 is 10.0 Å². The molecule has 3 rings (SSSR count). The molecule has 2 aromatic rings. The summed E-state index contributed by atoms with van der Waals surface area (Å²) in [6.07, 6.45) is 0.798. The second kappa shape index (κ2) is 6.65. The van der Waals surface area contributed by atoms with Gasteiger partial charge in [-0.3, -0.25) is 0 Å². The normalized spacial score (nSPS) is 18.4. The van der Waals surface area contributed by atoms with Crippen molar-refractivity contribution in [2.24, 2.45) is 0 Å². The van der Waals surface area contributed by atoms with Crippen molar-refractivity contribution in [1.29, 1.82) is 0 Å². The van der Waals surface area contributed by atoms with Crippen LogP contribution in [0, 0.1) is 6.92 Å². The van der Waals surface area contributed by atoms with E-state index in [4.69, 9.17) is 0 Å². The molecule has 5 heteroatoms. The van der Waals surface area contributed by atoms with E-state index in [9.17, 15) is 8.42 Å². The zero-order chi connectivity index (χ0) is 17.2. The van der Waals surface area contributed by atoms with Crippen LogP contribution in [-0.2, 0) is 16.4 Å². The quantitative estimate of drug-likeness (QED) is 0.845. The maximum atomic E-state index is 15.1. The van der Waals surface area contributed by atoms with Crippen LogP contribution in [0.4, 0.5) is 4.39 Å². The predicted molar refractivity (Wildman–Crippen MR) is 93.2 cm³/mol. The third-order valence-corrected chi connectivity index (χ3v) is 6.55. The smallest absolute Gasteiger partial charge is 0.243 e. The predicted octanol–water partition coefficient (Wildman–Crippen LogP) is 3.73. The van der Waals surface area contributed by atoms with Gasteiger partial charge in [0.25, 0.3) is 0 Å². The molecule has 128 valence electrons. The molecule has 3 nitrogen and oxygen atoms in total. The summed E-state index contributed by atoms with van der Waals surface area (Å²) < 4.78 is 41.8. The molecule has 1 fully saturated rings. The van der Waals surface area contributed by atoms with Crippen molar-refractivity contribution < 1.29 is 12.8 Å². The van der Waals surface area contributed by atoms with Gasteiger partial charge in [0.05, 0.1) is 4.90 Å². The van der Waals surface area contributed by atoms with Gasteiger partial charge in [-0.2, -0.15) is 4.31 Å². The number of halogens is 1. The van der Waals surface area contributed by atoms with E-state index < -0.39 is 15.7 Å². The molecule has 0 saturated carbocycles. The number of hydrogen-bond donors (Lipinski definition) is 0. The van der Waals surface area contributed by atoms with Crippen LogP contribution in [0.15, 0.2) is 59.5 Å². The maximum absolute atomic E-state index is 15.1. The SMILES string of the molecule is Cc1ccc(S(=O)(=O)N2CCC(F)(Cc3ccccc3)CC2)cc1. The molecule has 0 bridgehead atoms. The Morgan fingerprint density at radius 3 is 2.17 bits per heavy atom. The molecule has 0 atom stereocenters. The number of sulfonamides is 1. The number of rotatable bonds is 4.